The molecule has 0 radical (unpaired) electrons. The molecule has 0 amide bonds. The first kappa shape index (κ1) is 21.9. The van der Waals surface area contributed by atoms with Gasteiger partial charge >= 0.3 is 11.9 Å². The molecule has 0 aliphatic heterocycles. The first-order valence-electron chi connectivity index (χ1n) is 9.31. The number of unbranched alkanes of at least 4 members (excludes halogenated alkanes) is 8. The molecule has 23 heavy (non-hydrogen) atoms. The number of carbonyl (C=O) groups is 2. The summed E-state index contributed by atoms with van der Waals surface area (Å²) in [5.74, 6) is -0.965. The molecule has 0 atom stereocenters. The van der Waals surface area contributed by atoms with Crippen molar-refractivity contribution in [1.29, 1.82) is 0 Å². The quantitative estimate of drug-likeness (QED) is 0.255. The van der Waals surface area contributed by atoms with Crippen LogP contribution in [0.1, 0.15) is 91.9 Å². The minimum Gasteiger partial charge on any atom is -0.465 e. The van der Waals surface area contributed by atoms with Crippen LogP contribution in [0.4, 0.5) is 0 Å². The SMILES string of the molecule is CCCCCCCOC(=O)C(C)(C)C(=O)OCCCCCCC. The summed E-state index contributed by atoms with van der Waals surface area (Å²) in [6.07, 6.45) is 11.0. The molecule has 0 N–H and O–H groups in total. The summed E-state index contributed by atoms with van der Waals surface area (Å²) in [4.78, 5) is 24.1. The van der Waals surface area contributed by atoms with E-state index in [1.54, 1.807) is 13.8 Å². The lowest BCUT2D eigenvalue weighted by atomic mass is 9.94. The van der Waals surface area contributed by atoms with Gasteiger partial charge in [-0.15, -0.1) is 0 Å². The van der Waals surface area contributed by atoms with Crippen LogP contribution < -0.4 is 0 Å². The minimum atomic E-state index is -1.22. The highest BCUT2D eigenvalue weighted by Gasteiger charge is 2.39. The Morgan fingerprint density at radius 2 is 1.00 bits per heavy atom. The molecule has 0 aliphatic rings. The average Bonchev–Trinajstić information content (AvgIpc) is 2.53. The molecule has 0 aromatic rings. The number of ether oxygens (including phenoxy) is 2. The Balaban J connectivity index is 3.88. The predicted molar refractivity (Wildman–Crippen MR) is 93.2 cm³/mol. The fourth-order valence-electron chi connectivity index (χ4n) is 2.19. The summed E-state index contributed by atoms with van der Waals surface area (Å²) in [5, 5.41) is 0. The van der Waals surface area contributed by atoms with Gasteiger partial charge < -0.3 is 9.47 Å². The van der Waals surface area contributed by atoms with E-state index < -0.39 is 17.4 Å². The second-order valence-corrected chi connectivity index (χ2v) is 6.73. The van der Waals surface area contributed by atoms with Crippen molar-refractivity contribution in [1.82, 2.24) is 0 Å². The molecule has 0 spiro atoms. The molecule has 136 valence electrons. The second-order valence-electron chi connectivity index (χ2n) is 6.73. The maximum absolute atomic E-state index is 12.0. The first-order chi connectivity index (χ1) is 11.0. The van der Waals surface area contributed by atoms with Crippen LogP contribution in [0.2, 0.25) is 0 Å². The van der Waals surface area contributed by atoms with Crippen LogP contribution in [0.25, 0.3) is 0 Å². The molecule has 0 aromatic carbocycles. The molecule has 0 saturated heterocycles. The van der Waals surface area contributed by atoms with Crippen molar-refractivity contribution < 1.29 is 19.1 Å². The summed E-state index contributed by atoms with van der Waals surface area (Å²) >= 11 is 0. The highest BCUT2D eigenvalue weighted by molar-refractivity contribution is 5.99. The fourth-order valence-corrected chi connectivity index (χ4v) is 2.19. The van der Waals surface area contributed by atoms with Crippen molar-refractivity contribution in [2.75, 3.05) is 13.2 Å². The van der Waals surface area contributed by atoms with Gasteiger partial charge in [-0.2, -0.15) is 0 Å². The Labute approximate surface area is 142 Å². The van der Waals surface area contributed by atoms with Gasteiger partial charge in [0.1, 0.15) is 0 Å². The van der Waals surface area contributed by atoms with E-state index in [2.05, 4.69) is 13.8 Å². The van der Waals surface area contributed by atoms with E-state index >= 15 is 0 Å². The molecular weight excluding hydrogens is 292 g/mol. The number of esters is 2. The third-order valence-electron chi connectivity index (χ3n) is 3.98. The Bertz CT molecular complexity index is 293. The maximum Gasteiger partial charge on any atom is 0.322 e. The fraction of sp³-hybridized carbons (Fsp3) is 0.895. The van der Waals surface area contributed by atoms with Gasteiger partial charge in [0, 0.05) is 0 Å². The van der Waals surface area contributed by atoms with Crippen molar-refractivity contribution in [3.8, 4) is 0 Å². The number of hydrogen-bond donors (Lipinski definition) is 0. The van der Waals surface area contributed by atoms with Crippen LogP contribution >= 0.6 is 0 Å². The molecule has 4 heteroatoms. The Morgan fingerprint density at radius 3 is 1.35 bits per heavy atom. The molecule has 0 saturated carbocycles. The number of rotatable bonds is 14. The van der Waals surface area contributed by atoms with Crippen molar-refractivity contribution >= 4 is 11.9 Å². The van der Waals surface area contributed by atoms with E-state index in [4.69, 9.17) is 9.47 Å². The molecule has 0 fully saturated rings. The Hall–Kier alpha value is -1.06. The highest BCUT2D eigenvalue weighted by atomic mass is 16.6. The summed E-state index contributed by atoms with van der Waals surface area (Å²) in [7, 11) is 0. The van der Waals surface area contributed by atoms with Gasteiger partial charge in [0.05, 0.1) is 13.2 Å². The van der Waals surface area contributed by atoms with Crippen LogP contribution in [0.15, 0.2) is 0 Å². The van der Waals surface area contributed by atoms with Crippen LogP contribution in [-0.4, -0.2) is 25.2 Å². The molecule has 0 aliphatic carbocycles. The van der Waals surface area contributed by atoms with E-state index in [1.165, 1.54) is 25.7 Å². The van der Waals surface area contributed by atoms with Crippen molar-refractivity contribution in [2.24, 2.45) is 5.41 Å². The van der Waals surface area contributed by atoms with E-state index in [1.807, 2.05) is 0 Å². The van der Waals surface area contributed by atoms with Crippen LogP contribution in [0, 0.1) is 5.41 Å². The summed E-state index contributed by atoms with van der Waals surface area (Å²) in [5.41, 5.74) is -1.22. The summed E-state index contributed by atoms with van der Waals surface area (Å²) in [6, 6.07) is 0. The standard InChI is InChI=1S/C19H36O4/c1-5-7-9-11-13-15-22-17(20)19(3,4)18(21)23-16-14-12-10-8-6-2/h5-16H2,1-4H3. The van der Waals surface area contributed by atoms with E-state index in [0.29, 0.717) is 13.2 Å². The lowest BCUT2D eigenvalue weighted by Crippen LogP contribution is -2.37. The maximum atomic E-state index is 12.0. The predicted octanol–water partition coefficient (Wildman–Crippen LogP) is 5.04. The Morgan fingerprint density at radius 1 is 0.652 bits per heavy atom. The third-order valence-corrected chi connectivity index (χ3v) is 3.98. The van der Waals surface area contributed by atoms with Crippen LogP contribution in [-0.2, 0) is 19.1 Å². The minimum absolute atomic E-state index is 0.385. The lowest BCUT2D eigenvalue weighted by molar-refractivity contribution is -0.169. The zero-order valence-electron chi connectivity index (χ0n) is 15.6. The lowest BCUT2D eigenvalue weighted by Gasteiger charge is -2.20. The van der Waals surface area contributed by atoms with Gasteiger partial charge in [-0.25, -0.2) is 0 Å². The van der Waals surface area contributed by atoms with Gasteiger partial charge in [0.15, 0.2) is 5.41 Å². The van der Waals surface area contributed by atoms with Crippen molar-refractivity contribution in [3.05, 3.63) is 0 Å². The molecular formula is C19H36O4. The van der Waals surface area contributed by atoms with E-state index in [0.717, 1.165) is 38.5 Å². The normalized spacial score (nSPS) is 11.3. The largest absolute Gasteiger partial charge is 0.465 e. The molecule has 0 aromatic heterocycles. The molecule has 4 nitrogen and oxygen atoms in total. The summed E-state index contributed by atoms with van der Waals surface area (Å²) in [6.45, 7) is 8.25. The Kier molecular flexibility index (Phi) is 12.8. The van der Waals surface area contributed by atoms with Crippen LogP contribution in [0.5, 0.6) is 0 Å². The van der Waals surface area contributed by atoms with Gasteiger partial charge in [0.25, 0.3) is 0 Å². The molecule has 0 unspecified atom stereocenters. The molecule has 0 bridgehead atoms. The summed E-state index contributed by atoms with van der Waals surface area (Å²) < 4.78 is 10.5. The number of carbonyl (C=O) groups excluding carboxylic acids is 2. The molecule has 0 rings (SSSR count). The number of hydrogen-bond acceptors (Lipinski definition) is 4. The smallest absolute Gasteiger partial charge is 0.322 e. The first-order valence-corrected chi connectivity index (χ1v) is 9.31. The second kappa shape index (κ2) is 13.4. The average molecular weight is 328 g/mol. The zero-order chi connectivity index (χ0) is 17.6. The van der Waals surface area contributed by atoms with E-state index in [-0.39, 0.29) is 0 Å². The molecule has 0 heterocycles. The van der Waals surface area contributed by atoms with Gasteiger partial charge in [0.2, 0.25) is 0 Å². The van der Waals surface area contributed by atoms with Gasteiger partial charge in [-0.1, -0.05) is 65.2 Å². The third kappa shape index (κ3) is 10.4. The van der Waals surface area contributed by atoms with Crippen molar-refractivity contribution in [2.45, 2.75) is 91.9 Å². The zero-order valence-corrected chi connectivity index (χ0v) is 15.6. The van der Waals surface area contributed by atoms with Crippen molar-refractivity contribution in [3.63, 3.8) is 0 Å². The van der Waals surface area contributed by atoms with Crippen LogP contribution in [0.3, 0.4) is 0 Å². The van der Waals surface area contributed by atoms with E-state index in [9.17, 15) is 9.59 Å². The van der Waals surface area contributed by atoms with Gasteiger partial charge in [-0.3, -0.25) is 9.59 Å². The highest BCUT2D eigenvalue weighted by Crippen LogP contribution is 2.20. The topological polar surface area (TPSA) is 52.6 Å². The van der Waals surface area contributed by atoms with Gasteiger partial charge in [-0.05, 0) is 26.7 Å². The monoisotopic (exact) mass is 328 g/mol.